The van der Waals surface area contributed by atoms with Gasteiger partial charge in [-0.05, 0) is 0 Å². The number of aliphatic hydroxyl groups excluding tert-OH is 3. The van der Waals surface area contributed by atoms with Crippen molar-refractivity contribution in [3.05, 3.63) is 0 Å². The first kappa shape index (κ1) is 8.89. The number of ether oxygens (including phenoxy) is 2. The van der Waals surface area contributed by atoms with Gasteiger partial charge >= 0.3 is 0 Å². The summed E-state index contributed by atoms with van der Waals surface area (Å²) < 4.78 is 9.39. The van der Waals surface area contributed by atoms with E-state index in [9.17, 15) is 5.11 Å². The zero-order valence-corrected chi connectivity index (χ0v) is 6.17. The van der Waals surface area contributed by atoms with E-state index < -0.39 is 24.6 Å². The lowest BCUT2D eigenvalue weighted by molar-refractivity contribution is -0.258. The van der Waals surface area contributed by atoms with Gasteiger partial charge in [0.1, 0.15) is 18.3 Å². The third kappa shape index (κ3) is 1.69. The van der Waals surface area contributed by atoms with Crippen molar-refractivity contribution in [2.24, 2.45) is 0 Å². The molecule has 66 valence electrons. The van der Waals surface area contributed by atoms with Crippen LogP contribution in [0.1, 0.15) is 0 Å². The Hall–Kier alpha value is -0.200. The summed E-state index contributed by atoms with van der Waals surface area (Å²) in [5.41, 5.74) is 0. The summed E-state index contributed by atoms with van der Waals surface area (Å²) in [5, 5.41) is 27.3. The average molecular weight is 164 g/mol. The van der Waals surface area contributed by atoms with Crippen molar-refractivity contribution < 1.29 is 24.8 Å². The number of methoxy groups -OCH3 is 1. The second-order valence-electron chi connectivity index (χ2n) is 2.48. The van der Waals surface area contributed by atoms with E-state index in [1.807, 2.05) is 0 Å². The monoisotopic (exact) mass is 164 g/mol. The summed E-state index contributed by atoms with van der Waals surface area (Å²) in [7, 11) is 1.33. The van der Waals surface area contributed by atoms with E-state index in [4.69, 9.17) is 14.9 Å². The van der Waals surface area contributed by atoms with Crippen LogP contribution in [0, 0.1) is 0 Å². The SMILES string of the molecule is CO[C@H]1C(O)OC[C@@H](O)[C@@H]1O. The van der Waals surface area contributed by atoms with Gasteiger partial charge in [0.25, 0.3) is 0 Å². The van der Waals surface area contributed by atoms with Gasteiger partial charge in [-0.3, -0.25) is 0 Å². The summed E-state index contributed by atoms with van der Waals surface area (Å²) in [6, 6.07) is 0. The molecule has 1 aliphatic heterocycles. The van der Waals surface area contributed by atoms with Crippen molar-refractivity contribution in [2.75, 3.05) is 13.7 Å². The molecule has 0 saturated carbocycles. The Kier molecular flexibility index (Phi) is 2.80. The van der Waals surface area contributed by atoms with E-state index in [0.29, 0.717) is 0 Å². The molecule has 0 aromatic carbocycles. The van der Waals surface area contributed by atoms with Crippen LogP contribution in [0.3, 0.4) is 0 Å². The fourth-order valence-electron chi connectivity index (χ4n) is 1.03. The first-order valence-electron chi connectivity index (χ1n) is 3.35. The lowest BCUT2D eigenvalue weighted by atomic mass is 10.1. The molecule has 1 heterocycles. The summed E-state index contributed by atoms with van der Waals surface area (Å²) in [5.74, 6) is 0. The maximum absolute atomic E-state index is 9.19. The van der Waals surface area contributed by atoms with Crippen molar-refractivity contribution in [1.82, 2.24) is 0 Å². The molecule has 0 aromatic rings. The molecule has 1 unspecified atom stereocenters. The molecule has 1 saturated heterocycles. The average Bonchev–Trinajstić information content (AvgIpc) is 1.99. The van der Waals surface area contributed by atoms with Crippen LogP contribution in [0.5, 0.6) is 0 Å². The lowest BCUT2D eigenvalue weighted by Gasteiger charge is -2.34. The fourth-order valence-corrected chi connectivity index (χ4v) is 1.03. The van der Waals surface area contributed by atoms with E-state index in [1.165, 1.54) is 7.11 Å². The van der Waals surface area contributed by atoms with Crippen molar-refractivity contribution in [1.29, 1.82) is 0 Å². The number of aliphatic hydroxyl groups is 3. The van der Waals surface area contributed by atoms with Crippen molar-refractivity contribution in [2.45, 2.75) is 24.6 Å². The molecule has 11 heavy (non-hydrogen) atoms. The number of hydrogen-bond acceptors (Lipinski definition) is 5. The van der Waals surface area contributed by atoms with Crippen LogP contribution < -0.4 is 0 Å². The van der Waals surface area contributed by atoms with Crippen LogP contribution in [0.25, 0.3) is 0 Å². The fraction of sp³-hybridized carbons (Fsp3) is 1.00. The summed E-state index contributed by atoms with van der Waals surface area (Å²) in [4.78, 5) is 0. The van der Waals surface area contributed by atoms with Crippen LogP contribution in [0.2, 0.25) is 0 Å². The van der Waals surface area contributed by atoms with E-state index in [1.54, 1.807) is 0 Å². The van der Waals surface area contributed by atoms with Gasteiger partial charge in [0.05, 0.1) is 6.61 Å². The summed E-state index contributed by atoms with van der Waals surface area (Å²) in [6.07, 6.45) is -4.08. The zero-order valence-electron chi connectivity index (χ0n) is 6.17. The highest BCUT2D eigenvalue weighted by Crippen LogP contribution is 2.15. The second kappa shape index (κ2) is 3.46. The molecular formula is C6H12O5. The number of rotatable bonds is 1. The van der Waals surface area contributed by atoms with Crippen LogP contribution >= 0.6 is 0 Å². The standard InChI is InChI=1S/C6H12O5/c1-10-5-4(8)3(7)2-11-6(5)9/h3-9H,2H2,1H3/t3-,4+,5-,6?/m1/s1. The molecule has 5 heteroatoms. The number of hydrogen-bond donors (Lipinski definition) is 3. The minimum absolute atomic E-state index is 0.0673. The normalized spacial score (nSPS) is 45.8. The molecular weight excluding hydrogens is 152 g/mol. The van der Waals surface area contributed by atoms with Gasteiger partial charge in [0.15, 0.2) is 6.29 Å². The minimum Gasteiger partial charge on any atom is -0.388 e. The van der Waals surface area contributed by atoms with Gasteiger partial charge in [-0.2, -0.15) is 0 Å². The zero-order chi connectivity index (χ0) is 8.43. The van der Waals surface area contributed by atoms with Gasteiger partial charge in [-0.1, -0.05) is 0 Å². The Morgan fingerprint density at radius 1 is 1.36 bits per heavy atom. The van der Waals surface area contributed by atoms with Crippen molar-refractivity contribution in [3.63, 3.8) is 0 Å². The second-order valence-corrected chi connectivity index (χ2v) is 2.48. The molecule has 3 N–H and O–H groups in total. The Morgan fingerprint density at radius 3 is 2.45 bits per heavy atom. The van der Waals surface area contributed by atoms with E-state index in [-0.39, 0.29) is 6.61 Å². The third-order valence-electron chi connectivity index (χ3n) is 1.72. The van der Waals surface area contributed by atoms with Crippen LogP contribution in [-0.4, -0.2) is 53.6 Å². The quantitative estimate of drug-likeness (QED) is 0.420. The van der Waals surface area contributed by atoms with Crippen molar-refractivity contribution >= 4 is 0 Å². The Bertz CT molecular complexity index is 128. The van der Waals surface area contributed by atoms with Gasteiger partial charge in [0.2, 0.25) is 0 Å². The first-order valence-corrected chi connectivity index (χ1v) is 3.35. The summed E-state index contributed by atoms with van der Waals surface area (Å²) in [6.45, 7) is -0.0673. The molecule has 0 radical (unpaired) electrons. The Balaban J connectivity index is 2.55. The van der Waals surface area contributed by atoms with Crippen LogP contribution in [-0.2, 0) is 9.47 Å². The van der Waals surface area contributed by atoms with Gasteiger partial charge < -0.3 is 24.8 Å². The summed E-state index contributed by atoms with van der Waals surface area (Å²) >= 11 is 0. The Morgan fingerprint density at radius 2 is 2.00 bits per heavy atom. The molecule has 4 atom stereocenters. The van der Waals surface area contributed by atoms with Gasteiger partial charge in [-0.25, -0.2) is 0 Å². The largest absolute Gasteiger partial charge is 0.388 e. The predicted octanol–water partition coefficient (Wildman–Crippen LogP) is -1.93. The highest BCUT2D eigenvalue weighted by molar-refractivity contribution is 4.82. The van der Waals surface area contributed by atoms with E-state index in [0.717, 1.165) is 0 Å². The van der Waals surface area contributed by atoms with E-state index >= 15 is 0 Å². The molecule has 1 aliphatic rings. The Labute approximate surface area is 64.2 Å². The molecule has 5 nitrogen and oxygen atoms in total. The smallest absolute Gasteiger partial charge is 0.183 e. The third-order valence-corrected chi connectivity index (χ3v) is 1.72. The topological polar surface area (TPSA) is 79.2 Å². The molecule has 1 fully saturated rings. The predicted molar refractivity (Wildman–Crippen MR) is 34.8 cm³/mol. The minimum atomic E-state index is -1.15. The van der Waals surface area contributed by atoms with E-state index in [2.05, 4.69) is 4.74 Å². The van der Waals surface area contributed by atoms with Crippen molar-refractivity contribution in [3.8, 4) is 0 Å². The molecule has 0 amide bonds. The maximum atomic E-state index is 9.19. The molecule has 0 spiro atoms. The first-order chi connectivity index (χ1) is 5.16. The van der Waals surface area contributed by atoms with Crippen LogP contribution in [0.4, 0.5) is 0 Å². The van der Waals surface area contributed by atoms with Crippen LogP contribution in [0.15, 0.2) is 0 Å². The molecule has 0 aliphatic carbocycles. The highest BCUT2D eigenvalue weighted by Gasteiger charge is 2.37. The lowest BCUT2D eigenvalue weighted by Crippen LogP contribution is -2.53. The highest BCUT2D eigenvalue weighted by atomic mass is 16.6. The molecule has 0 aromatic heterocycles. The molecule has 0 bridgehead atoms. The van der Waals surface area contributed by atoms with Gasteiger partial charge in [-0.15, -0.1) is 0 Å². The maximum Gasteiger partial charge on any atom is 0.183 e. The van der Waals surface area contributed by atoms with Gasteiger partial charge in [0, 0.05) is 7.11 Å². The molecule has 1 rings (SSSR count).